The van der Waals surface area contributed by atoms with E-state index in [1.165, 1.54) is 25.9 Å². The number of alkyl halides is 1. The lowest BCUT2D eigenvalue weighted by Crippen LogP contribution is -2.36. The van der Waals surface area contributed by atoms with Gasteiger partial charge in [0, 0.05) is 56.7 Å². The summed E-state index contributed by atoms with van der Waals surface area (Å²) in [5, 5.41) is 2.87. The molecule has 0 radical (unpaired) electrons. The molecule has 1 N–H and O–H groups in total. The summed E-state index contributed by atoms with van der Waals surface area (Å²) >= 11 is 0. The molecule has 8 nitrogen and oxygen atoms in total. The number of carbonyl (C=O) groups is 1. The van der Waals surface area contributed by atoms with Crippen molar-refractivity contribution in [2.45, 2.75) is 70.5 Å². The number of hydrogen-bond acceptors (Lipinski definition) is 6. The van der Waals surface area contributed by atoms with Gasteiger partial charge in [-0.3, -0.25) is 4.79 Å². The number of likely N-dealkylation sites (tertiary alicyclic amines) is 1. The molecule has 0 aromatic carbocycles. The maximum absolute atomic E-state index is 13.7. The summed E-state index contributed by atoms with van der Waals surface area (Å²) in [4.78, 5) is 30.3. The first-order valence-electron chi connectivity index (χ1n) is 12.4. The minimum atomic E-state index is -0.883. The number of amides is 1. The highest BCUT2D eigenvalue weighted by molar-refractivity contribution is 5.93. The Labute approximate surface area is 194 Å². The molecule has 5 heterocycles. The number of fused-ring (bicyclic) bond motifs is 1. The van der Waals surface area contributed by atoms with Crippen LogP contribution in [0.3, 0.4) is 0 Å². The molecule has 2 aromatic heterocycles. The van der Waals surface area contributed by atoms with Gasteiger partial charge in [-0.1, -0.05) is 0 Å². The van der Waals surface area contributed by atoms with Crippen molar-refractivity contribution in [1.82, 2.24) is 24.4 Å². The predicted octanol–water partition coefficient (Wildman–Crippen LogP) is 2.94. The Morgan fingerprint density at radius 3 is 2.67 bits per heavy atom. The van der Waals surface area contributed by atoms with Crippen LogP contribution in [0.5, 0.6) is 0 Å². The Morgan fingerprint density at radius 2 is 1.91 bits per heavy atom. The van der Waals surface area contributed by atoms with Gasteiger partial charge in [-0.15, -0.1) is 0 Å². The standard InChI is InChI=1S/C24H34FN7O/c1-17(25)14-19-15-32(13-12-30-8-2-3-9-30)23(28-19)18-6-10-31(11-7-18)24-20-4-5-21(33)29-22(20)26-16-27-24/h15-18H,2-14H2,1H3,(H,26,27,29,33). The van der Waals surface area contributed by atoms with Crippen molar-refractivity contribution in [3.8, 4) is 0 Å². The van der Waals surface area contributed by atoms with E-state index in [4.69, 9.17) is 4.98 Å². The van der Waals surface area contributed by atoms with Crippen LogP contribution in [0.4, 0.5) is 16.0 Å². The zero-order valence-corrected chi connectivity index (χ0v) is 19.5. The molecule has 2 fully saturated rings. The number of halogens is 1. The molecule has 0 spiro atoms. The number of hydrogen-bond donors (Lipinski definition) is 1. The second-order valence-corrected chi connectivity index (χ2v) is 9.65. The average Bonchev–Trinajstić information content (AvgIpc) is 3.46. The Hall–Kier alpha value is -2.55. The summed E-state index contributed by atoms with van der Waals surface area (Å²) in [6.45, 7) is 7.69. The van der Waals surface area contributed by atoms with Crippen LogP contribution in [0.1, 0.15) is 62.0 Å². The summed E-state index contributed by atoms with van der Waals surface area (Å²) in [5.74, 6) is 3.09. The van der Waals surface area contributed by atoms with Crippen LogP contribution < -0.4 is 10.2 Å². The number of imidazole rings is 1. The SMILES string of the molecule is CC(F)Cc1cn(CCN2CCCC2)c(C2CCN(c3ncnc4c3CCC(=O)N4)CC2)n1. The number of carbonyl (C=O) groups excluding carboxylic acids is 1. The molecular formula is C24H34FN7O. The molecular weight excluding hydrogens is 421 g/mol. The van der Waals surface area contributed by atoms with Crippen LogP contribution in [0.2, 0.25) is 0 Å². The van der Waals surface area contributed by atoms with Crippen molar-refractivity contribution in [3.05, 3.63) is 29.6 Å². The lowest BCUT2D eigenvalue weighted by Gasteiger charge is -2.34. The minimum Gasteiger partial charge on any atom is -0.356 e. The molecule has 9 heteroatoms. The third-order valence-corrected chi connectivity index (χ3v) is 7.15. The van der Waals surface area contributed by atoms with Crippen LogP contribution in [0.25, 0.3) is 0 Å². The van der Waals surface area contributed by atoms with Gasteiger partial charge in [0.1, 0.15) is 30.0 Å². The van der Waals surface area contributed by atoms with Crippen molar-refractivity contribution >= 4 is 17.5 Å². The molecule has 2 saturated heterocycles. The third-order valence-electron chi connectivity index (χ3n) is 7.15. The second-order valence-electron chi connectivity index (χ2n) is 9.65. The lowest BCUT2D eigenvalue weighted by atomic mass is 9.95. The fourth-order valence-corrected chi connectivity index (χ4v) is 5.43. The van der Waals surface area contributed by atoms with Gasteiger partial charge in [0.15, 0.2) is 0 Å². The molecule has 5 rings (SSSR count). The first-order valence-corrected chi connectivity index (χ1v) is 12.4. The van der Waals surface area contributed by atoms with Gasteiger partial charge in [-0.2, -0.15) is 0 Å². The number of anilines is 2. The highest BCUT2D eigenvalue weighted by atomic mass is 19.1. The summed E-state index contributed by atoms with van der Waals surface area (Å²) in [5.41, 5.74) is 1.91. The Balaban J connectivity index is 1.28. The molecule has 0 saturated carbocycles. The number of piperidine rings is 1. The zero-order valence-electron chi connectivity index (χ0n) is 19.5. The van der Waals surface area contributed by atoms with E-state index in [0.29, 0.717) is 31.0 Å². The highest BCUT2D eigenvalue weighted by Crippen LogP contribution is 2.34. The van der Waals surface area contributed by atoms with Gasteiger partial charge in [-0.25, -0.2) is 19.3 Å². The molecule has 1 unspecified atom stereocenters. The minimum absolute atomic E-state index is 0.0185. The monoisotopic (exact) mass is 455 g/mol. The van der Waals surface area contributed by atoms with E-state index >= 15 is 0 Å². The number of nitrogens with one attached hydrogen (secondary N) is 1. The van der Waals surface area contributed by atoms with Crippen LogP contribution >= 0.6 is 0 Å². The molecule has 0 bridgehead atoms. The van der Waals surface area contributed by atoms with Gasteiger partial charge in [0.05, 0.1) is 5.69 Å². The highest BCUT2D eigenvalue weighted by Gasteiger charge is 2.29. The van der Waals surface area contributed by atoms with E-state index in [1.807, 2.05) is 0 Å². The largest absolute Gasteiger partial charge is 0.356 e. The second kappa shape index (κ2) is 9.75. The first kappa shape index (κ1) is 22.3. The van der Waals surface area contributed by atoms with Crippen LogP contribution in [0, 0.1) is 0 Å². The molecule has 3 aliphatic rings. The van der Waals surface area contributed by atoms with Gasteiger partial charge < -0.3 is 19.7 Å². The maximum atomic E-state index is 13.7. The normalized spacial score (nSPS) is 20.7. The fraction of sp³-hybridized carbons (Fsp3) is 0.667. The summed E-state index contributed by atoms with van der Waals surface area (Å²) in [6, 6.07) is 0. The Bertz CT molecular complexity index is 977. The zero-order chi connectivity index (χ0) is 22.8. The summed E-state index contributed by atoms with van der Waals surface area (Å²) < 4.78 is 16.0. The quantitative estimate of drug-likeness (QED) is 0.692. The van der Waals surface area contributed by atoms with Crippen LogP contribution in [-0.2, 0) is 24.2 Å². The van der Waals surface area contributed by atoms with E-state index in [1.54, 1.807) is 13.3 Å². The Kier molecular flexibility index (Phi) is 6.57. The Morgan fingerprint density at radius 1 is 1.12 bits per heavy atom. The molecule has 178 valence electrons. The van der Waals surface area contributed by atoms with Crippen molar-refractivity contribution in [3.63, 3.8) is 0 Å². The molecule has 3 aliphatic heterocycles. The van der Waals surface area contributed by atoms with Crippen molar-refractivity contribution in [2.75, 3.05) is 42.9 Å². The lowest BCUT2D eigenvalue weighted by molar-refractivity contribution is -0.116. The van der Waals surface area contributed by atoms with E-state index in [9.17, 15) is 9.18 Å². The third kappa shape index (κ3) is 5.03. The van der Waals surface area contributed by atoms with Gasteiger partial charge >= 0.3 is 0 Å². The van der Waals surface area contributed by atoms with Crippen molar-refractivity contribution in [2.24, 2.45) is 0 Å². The van der Waals surface area contributed by atoms with Crippen molar-refractivity contribution < 1.29 is 9.18 Å². The maximum Gasteiger partial charge on any atom is 0.225 e. The van der Waals surface area contributed by atoms with E-state index in [0.717, 1.165) is 61.9 Å². The van der Waals surface area contributed by atoms with E-state index in [-0.39, 0.29) is 5.91 Å². The van der Waals surface area contributed by atoms with Gasteiger partial charge in [0.2, 0.25) is 5.91 Å². The number of rotatable bonds is 7. The molecule has 0 aliphatic carbocycles. The fourth-order valence-electron chi connectivity index (χ4n) is 5.43. The number of nitrogens with zero attached hydrogens (tertiary/aromatic N) is 6. The summed E-state index contributed by atoms with van der Waals surface area (Å²) in [6.07, 6.45) is 8.82. The average molecular weight is 456 g/mol. The topological polar surface area (TPSA) is 79.2 Å². The van der Waals surface area contributed by atoms with E-state index in [2.05, 4.69) is 35.8 Å². The smallest absolute Gasteiger partial charge is 0.225 e. The number of aromatic nitrogens is 4. The van der Waals surface area contributed by atoms with E-state index < -0.39 is 6.17 Å². The molecule has 33 heavy (non-hydrogen) atoms. The summed E-state index contributed by atoms with van der Waals surface area (Å²) in [7, 11) is 0. The first-order chi connectivity index (χ1) is 16.1. The molecule has 1 amide bonds. The van der Waals surface area contributed by atoms with Crippen LogP contribution in [0.15, 0.2) is 12.5 Å². The van der Waals surface area contributed by atoms with Gasteiger partial charge in [0.25, 0.3) is 0 Å². The van der Waals surface area contributed by atoms with Crippen LogP contribution in [-0.4, -0.2) is 69.2 Å². The molecule has 2 aromatic rings. The predicted molar refractivity (Wildman–Crippen MR) is 125 cm³/mol. The molecule has 1 atom stereocenters. The van der Waals surface area contributed by atoms with Gasteiger partial charge in [-0.05, 0) is 52.1 Å². The van der Waals surface area contributed by atoms with Crippen molar-refractivity contribution in [1.29, 1.82) is 0 Å².